The van der Waals surface area contributed by atoms with Crippen LogP contribution in [0.3, 0.4) is 0 Å². The predicted octanol–water partition coefficient (Wildman–Crippen LogP) is -0.388. The van der Waals surface area contributed by atoms with Crippen molar-refractivity contribution >= 4 is 0 Å². The van der Waals surface area contributed by atoms with Crippen molar-refractivity contribution in [2.45, 2.75) is 25.0 Å². The largest absolute Gasteiger partial charge is 0.390 e. The first-order valence-electron chi connectivity index (χ1n) is 5.09. The van der Waals surface area contributed by atoms with E-state index in [1.165, 1.54) is 0 Å². The van der Waals surface area contributed by atoms with Gasteiger partial charge in [-0.15, -0.1) is 0 Å². The second kappa shape index (κ2) is 7.17. The predicted molar refractivity (Wildman–Crippen MR) is 58.4 cm³/mol. The molecule has 0 amide bonds. The van der Waals surface area contributed by atoms with Crippen LogP contribution < -0.4 is 0 Å². The summed E-state index contributed by atoms with van der Waals surface area (Å²) in [4.78, 5) is 4.00. The molecule has 2 N–H and O–H groups in total. The number of hydrogen-bond donors (Lipinski definition) is 2. The fourth-order valence-electron chi connectivity index (χ4n) is 1.17. The topological polar surface area (TPSA) is 46.9 Å². The van der Waals surface area contributed by atoms with E-state index in [0.717, 1.165) is 13.1 Å². The van der Waals surface area contributed by atoms with Crippen LogP contribution >= 0.6 is 0 Å². The molecule has 0 bridgehead atoms. The third-order valence-electron chi connectivity index (χ3n) is 2.19. The molecule has 0 fully saturated rings. The van der Waals surface area contributed by atoms with Crippen LogP contribution in [0.25, 0.3) is 0 Å². The van der Waals surface area contributed by atoms with Gasteiger partial charge in [-0.05, 0) is 41.0 Å². The van der Waals surface area contributed by atoms with Crippen molar-refractivity contribution in [2.24, 2.45) is 0 Å². The molecule has 0 aromatic carbocycles. The summed E-state index contributed by atoms with van der Waals surface area (Å²) in [6.07, 6.45) is 0.0538. The van der Waals surface area contributed by atoms with Crippen LogP contribution in [-0.2, 0) is 0 Å². The van der Waals surface area contributed by atoms with Gasteiger partial charge in [-0.2, -0.15) is 0 Å². The first kappa shape index (κ1) is 13.8. The van der Waals surface area contributed by atoms with Gasteiger partial charge in [-0.1, -0.05) is 0 Å². The first-order chi connectivity index (χ1) is 6.43. The van der Waals surface area contributed by atoms with Crippen LogP contribution in [0.4, 0.5) is 0 Å². The van der Waals surface area contributed by atoms with Gasteiger partial charge < -0.3 is 20.0 Å². The number of hydrogen-bond acceptors (Lipinski definition) is 4. The Morgan fingerprint density at radius 3 is 1.29 bits per heavy atom. The van der Waals surface area contributed by atoms with Crippen molar-refractivity contribution in [3.05, 3.63) is 0 Å². The highest BCUT2D eigenvalue weighted by atomic mass is 16.3. The third kappa shape index (κ3) is 7.26. The van der Waals surface area contributed by atoms with Crippen LogP contribution in [0.2, 0.25) is 0 Å². The summed E-state index contributed by atoms with van der Waals surface area (Å²) >= 11 is 0. The number of aliphatic hydroxyl groups is 2. The lowest BCUT2D eigenvalue weighted by Gasteiger charge is -2.21. The summed E-state index contributed by atoms with van der Waals surface area (Å²) < 4.78 is 0. The van der Waals surface area contributed by atoms with Gasteiger partial charge in [-0.3, -0.25) is 0 Å². The quantitative estimate of drug-likeness (QED) is 0.593. The zero-order valence-corrected chi connectivity index (χ0v) is 9.77. The maximum atomic E-state index is 9.58. The van der Waals surface area contributed by atoms with Crippen molar-refractivity contribution in [1.82, 2.24) is 9.80 Å². The van der Waals surface area contributed by atoms with Gasteiger partial charge in [0.05, 0.1) is 12.2 Å². The SMILES string of the molecule is CN(C)CC[C@@H](O)[C@@H](O)CCN(C)C. The molecule has 0 aliphatic rings. The van der Waals surface area contributed by atoms with Crippen molar-refractivity contribution in [2.75, 3.05) is 41.3 Å². The standard InChI is InChI=1S/C10H24N2O2/c1-11(2)7-5-9(13)10(14)6-8-12(3)4/h9-10,13-14H,5-8H2,1-4H3/t9-,10+. The molecule has 0 aliphatic heterocycles. The summed E-state index contributed by atoms with van der Waals surface area (Å²) in [5, 5.41) is 19.2. The van der Waals surface area contributed by atoms with Gasteiger partial charge >= 0.3 is 0 Å². The Labute approximate surface area is 87.1 Å². The van der Waals surface area contributed by atoms with Crippen molar-refractivity contribution in [3.63, 3.8) is 0 Å². The van der Waals surface area contributed by atoms with E-state index in [1.54, 1.807) is 0 Å². The van der Waals surface area contributed by atoms with Gasteiger partial charge in [0.25, 0.3) is 0 Å². The Hall–Kier alpha value is -0.160. The van der Waals surface area contributed by atoms with Crippen LogP contribution in [-0.4, -0.2) is 73.5 Å². The van der Waals surface area contributed by atoms with E-state index in [9.17, 15) is 10.2 Å². The Balaban J connectivity index is 3.59. The molecule has 14 heavy (non-hydrogen) atoms. The number of rotatable bonds is 7. The van der Waals surface area contributed by atoms with Crippen molar-refractivity contribution in [1.29, 1.82) is 0 Å². The zero-order chi connectivity index (χ0) is 11.1. The molecule has 0 heterocycles. The smallest absolute Gasteiger partial charge is 0.0811 e. The molecular weight excluding hydrogens is 180 g/mol. The van der Waals surface area contributed by atoms with Gasteiger partial charge in [-0.25, -0.2) is 0 Å². The van der Waals surface area contributed by atoms with E-state index in [0.29, 0.717) is 12.8 Å². The third-order valence-corrected chi connectivity index (χ3v) is 2.19. The normalized spacial score (nSPS) is 16.3. The van der Waals surface area contributed by atoms with Gasteiger partial charge in [0, 0.05) is 13.1 Å². The Morgan fingerprint density at radius 1 is 0.786 bits per heavy atom. The van der Waals surface area contributed by atoms with Gasteiger partial charge in [0.1, 0.15) is 0 Å². The lowest BCUT2D eigenvalue weighted by atomic mass is 10.1. The minimum absolute atomic E-state index is 0.600. The fourth-order valence-corrected chi connectivity index (χ4v) is 1.17. The van der Waals surface area contributed by atoms with E-state index in [4.69, 9.17) is 0 Å². The summed E-state index contributed by atoms with van der Waals surface area (Å²) in [7, 11) is 7.83. The maximum Gasteiger partial charge on any atom is 0.0811 e. The fraction of sp³-hybridized carbons (Fsp3) is 1.00. The summed E-state index contributed by atoms with van der Waals surface area (Å²) in [5.74, 6) is 0. The lowest BCUT2D eigenvalue weighted by molar-refractivity contribution is 0.00343. The molecule has 4 heteroatoms. The van der Waals surface area contributed by atoms with Crippen molar-refractivity contribution in [3.8, 4) is 0 Å². The number of nitrogens with zero attached hydrogens (tertiary/aromatic N) is 2. The molecular formula is C10H24N2O2. The minimum atomic E-state index is -0.600. The second-order valence-electron chi connectivity index (χ2n) is 4.32. The molecule has 2 atom stereocenters. The monoisotopic (exact) mass is 204 g/mol. The van der Waals surface area contributed by atoms with Gasteiger partial charge in [0.15, 0.2) is 0 Å². The van der Waals surface area contributed by atoms with Crippen molar-refractivity contribution < 1.29 is 10.2 Å². The highest BCUT2D eigenvalue weighted by Crippen LogP contribution is 2.04. The Kier molecular flexibility index (Phi) is 7.09. The molecule has 0 saturated carbocycles. The molecule has 0 radical (unpaired) electrons. The zero-order valence-electron chi connectivity index (χ0n) is 9.77. The van der Waals surface area contributed by atoms with E-state index >= 15 is 0 Å². The average molecular weight is 204 g/mol. The summed E-state index contributed by atoms with van der Waals surface area (Å²) in [6.45, 7) is 1.61. The first-order valence-corrected chi connectivity index (χ1v) is 5.09. The van der Waals surface area contributed by atoms with Crippen LogP contribution in [0.1, 0.15) is 12.8 Å². The molecule has 0 unspecified atom stereocenters. The highest BCUT2D eigenvalue weighted by molar-refractivity contribution is 4.69. The second-order valence-corrected chi connectivity index (χ2v) is 4.32. The van der Waals surface area contributed by atoms with Crippen LogP contribution in [0, 0.1) is 0 Å². The van der Waals surface area contributed by atoms with E-state index in [1.807, 2.05) is 38.0 Å². The van der Waals surface area contributed by atoms with E-state index in [-0.39, 0.29) is 0 Å². The van der Waals surface area contributed by atoms with E-state index < -0.39 is 12.2 Å². The summed E-state index contributed by atoms with van der Waals surface area (Å²) in [5.41, 5.74) is 0. The lowest BCUT2D eigenvalue weighted by Crippen LogP contribution is -2.32. The molecule has 0 aromatic rings. The number of aliphatic hydroxyl groups excluding tert-OH is 2. The molecule has 0 spiro atoms. The summed E-state index contributed by atoms with van der Waals surface area (Å²) in [6, 6.07) is 0. The molecule has 0 rings (SSSR count). The minimum Gasteiger partial charge on any atom is -0.390 e. The maximum absolute atomic E-state index is 9.58. The van der Waals surface area contributed by atoms with Gasteiger partial charge in [0.2, 0.25) is 0 Å². The molecule has 0 aromatic heterocycles. The molecule has 0 saturated heterocycles. The van der Waals surface area contributed by atoms with Crippen LogP contribution in [0.15, 0.2) is 0 Å². The highest BCUT2D eigenvalue weighted by Gasteiger charge is 2.15. The Morgan fingerprint density at radius 2 is 1.07 bits per heavy atom. The van der Waals surface area contributed by atoms with Crippen LogP contribution in [0.5, 0.6) is 0 Å². The Bertz CT molecular complexity index is 124. The molecule has 86 valence electrons. The average Bonchev–Trinajstić information content (AvgIpc) is 2.09. The van der Waals surface area contributed by atoms with E-state index in [2.05, 4.69) is 0 Å². The molecule has 4 nitrogen and oxygen atoms in total. The molecule has 0 aliphatic carbocycles.